The Labute approximate surface area is 98.7 Å². The van der Waals surface area contributed by atoms with Gasteiger partial charge in [0, 0.05) is 13.1 Å². The first-order chi connectivity index (χ1) is 7.23. The van der Waals surface area contributed by atoms with Crippen LogP contribution in [0.1, 0.15) is 33.4 Å². The molecular formula is C13H23N3. The van der Waals surface area contributed by atoms with Gasteiger partial charge in [0.1, 0.15) is 5.82 Å². The van der Waals surface area contributed by atoms with E-state index in [4.69, 9.17) is 5.73 Å². The Kier molecular flexibility index (Phi) is 3.46. The van der Waals surface area contributed by atoms with E-state index in [1.54, 1.807) is 0 Å². The zero-order valence-corrected chi connectivity index (χ0v) is 11.2. The zero-order valence-electron chi connectivity index (χ0n) is 11.2. The Bertz CT molecular complexity index is 366. The van der Waals surface area contributed by atoms with Crippen LogP contribution >= 0.6 is 0 Å². The van der Waals surface area contributed by atoms with Gasteiger partial charge < -0.3 is 10.6 Å². The average Bonchev–Trinajstić information content (AvgIpc) is 2.18. The van der Waals surface area contributed by atoms with Crippen molar-refractivity contribution in [1.29, 1.82) is 0 Å². The van der Waals surface area contributed by atoms with Crippen LogP contribution in [0.5, 0.6) is 0 Å². The van der Waals surface area contributed by atoms with Gasteiger partial charge in [0.15, 0.2) is 0 Å². The second-order valence-electron chi connectivity index (χ2n) is 5.50. The third-order valence-corrected chi connectivity index (χ3v) is 3.31. The molecule has 1 rings (SSSR count). The summed E-state index contributed by atoms with van der Waals surface area (Å²) in [6, 6.07) is 4.32. The van der Waals surface area contributed by atoms with Crippen LogP contribution in [0.4, 0.5) is 11.5 Å². The number of nitrogen functional groups attached to an aromatic ring is 1. The molecule has 1 aromatic heterocycles. The molecule has 3 heteroatoms. The molecular weight excluding hydrogens is 198 g/mol. The molecule has 1 aromatic rings. The zero-order chi connectivity index (χ0) is 12.5. The smallest absolute Gasteiger partial charge is 0.128 e. The highest BCUT2D eigenvalue weighted by Crippen LogP contribution is 2.26. The number of nitrogens with two attached hydrogens (primary N) is 1. The predicted octanol–water partition coefficient (Wildman–Crippen LogP) is 2.84. The van der Waals surface area contributed by atoms with E-state index in [-0.39, 0.29) is 5.41 Å². The molecule has 0 fully saturated rings. The summed E-state index contributed by atoms with van der Waals surface area (Å²) in [7, 11) is 2.08. The average molecular weight is 221 g/mol. The van der Waals surface area contributed by atoms with Crippen LogP contribution < -0.4 is 10.6 Å². The van der Waals surface area contributed by atoms with Gasteiger partial charge in [0.05, 0.1) is 11.4 Å². The van der Waals surface area contributed by atoms with Crippen molar-refractivity contribution in [2.75, 3.05) is 17.7 Å². The molecule has 0 aliphatic heterocycles. The minimum atomic E-state index is 0.228. The summed E-state index contributed by atoms with van der Waals surface area (Å²) in [5, 5.41) is 0. The minimum Gasteiger partial charge on any atom is -0.397 e. The maximum atomic E-state index is 5.77. The predicted molar refractivity (Wildman–Crippen MR) is 70.7 cm³/mol. The topological polar surface area (TPSA) is 42.2 Å². The van der Waals surface area contributed by atoms with Gasteiger partial charge in [-0.1, -0.05) is 20.8 Å². The van der Waals surface area contributed by atoms with E-state index >= 15 is 0 Å². The fraction of sp³-hybridized carbons (Fsp3) is 0.615. The molecule has 0 amide bonds. The highest BCUT2D eigenvalue weighted by molar-refractivity contribution is 5.50. The van der Waals surface area contributed by atoms with Crippen molar-refractivity contribution in [1.82, 2.24) is 4.98 Å². The number of rotatable bonds is 2. The summed E-state index contributed by atoms with van der Waals surface area (Å²) in [6.45, 7) is 10.9. The lowest BCUT2D eigenvalue weighted by Crippen LogP contribution is -2.39. The monoisotopic (exact) mass is 221 g/mol. The van der Waals surface area contributed by atoms with Crippen LogP contribution in [0.2, 0.25) is 0 Å². The summed E-state index contributed by atoms with van der Waals surface area (Å²) in [5.74, 6) is 0.981. The quantitative estimate of drug-likeness (QED) is 0.835. The summed E-state index contributed by atoms with van der Waals surface area (Å²) >= 11 is 0. The molecule has 0 saturated carbocycles. The van der Waals surface area contributed by atoms with E-state index < -0.39 is 0 Å². The molecule has 1 heterocycles. The highest BCUT2D eigenvalue weighted by Gasteiger charge is 2.24. The molecule has 2 N–H and O–H groups in total. The van der Waals surface area contributed by atoms with E-state index in [1.807, 2.05) is 19.1 Å². The van der Waals surface area contributed by atoms with E-state index in [0.717, 1.165) is 17.2 Å². The Morgan fingerprint density at radius 3 is 2.31 bits per heavy atom. The number of nitrogens with zero attached hydrogens (tertiary/aromatic N) is 2. The van der Waals surface area contributed by atoms with Crippen LogP contribution in [0.15, 0.2) is 12.1 Å². The summed E-state index contributed by atoms with van der Waals surface area (Å²) < 4.78 is 0. The highest BCUT2D eigenvalue weighted by atomic mass is 15.2. The van der Waals surface area contributed by atoms with Crippen LogP contribution in [0, 0.1) is 12.3 Å². The maximum absolute atomic E-state index is 5.77. The normalized spacial score (nSPS) is 13.6. The molecule has 16 heavy (non-hydrogen) atoms. The lowest BCUT2D eigenvalue weighted by molar-refractivity contribution is 0.328. The second kappa shape index (κ2) is 4.32. The molecule has 0 bridgehead atoms. The fourth-order valence-electron chi connectivity index (χ4n) is 1.53. The number of aryl methyl sites for hydroxylation is 1. The Morgan fingerprint density at radius 1 is 1.31 bits per heavy atom. The molecule has 1 unspecified atom stereocenters. The van der Waals surface area contributed by atoms with Gasteiger partial charge in [0.25, 0.3) is 0 Å². The molecule has 90 valence electrons. The van der Waals surface area contributed by atoms with Crippen LogP contribution in [0.25, 0.3) is 0 Å². The Morgan fingerprint density at radius 2 is 1.88 bits per heavy atom. The maximum Gasteiger partial charge on any atom is 0.128 e. The first-order valence-corrected chi connectivity index (χ1v) is 5.69. The Balaban J connectivity index is 2.97. The lowest BCUT2D eigenvalue weighted by atomic mass is 9.87. The van der Waals surface area contributed by atoms with Crippen molar-refractivity contribution < 1.29 is 0 Å². The van der Waals surface area contributed by atoms with Gasteiger partial charge in [0.2, 0.25) is 0 Å². The van der Waals surface area contributed by atoms with Crippen molar-refractivity contribution in [2.45, 2.75) is 40.7 Å². The second-order valence-corrected chi connectivity index (χ2v) is 5.50. The summed E-state index contributed by atoms with van der Waals surface area (Å²) in [5.41, 5.74) is 7.64. The third kappa shape index (κ3) is 2.65. The molecule has 0 aromatic carbocycles. The van der Waals surface area contributed by atoms with E-state index in [9.17, 15) is 0 Å². The molecule has 0 saturated heterocycles. The van der Waals surface area contributed by atoms with Crippen LogP contribution in [-0.2, 0) is 0 Å². The number of hydrogen-bond acceptors (Lipinski definition) is 3. The molecule has 0 aliphatic rings. The first kappa shape index (κ1) is 12.8. The SMILES string of the molecule is Cc1nc(N(C)C(C)C(C)(C)C)ccc1N. The summed E-state index contributed by atoms with van der Waals surface area (Å²) in [6.07, 6.45) is 0. The van der Waals surface area contributed by atoms with Crippen LogP contribution in [-0.4, -0.2) is 18.1 Å². The van der Waals surface area contributed by atoms with Gasteiger partial charge in [-0.15, -0.1) is 0 Å². The van der Waals surface area contributed by atoms with Crippen LogP contribution in [0.3, 0.4) is 0 Å². The van der Waals surface area contributed by atoms with Crippen molar-refractivity contribution in [3.05, 3.63) is 17.8 Å². The Hall–Kier alpha value is -1.25. The molecule has 0 aliphatic carbocycles. The number of hydrogen-bond donors (Lipinski definition) is 1. The number of aromatic nitrogens is 1. The lowest BCUT2D eigenvalue weighted by Gasteiger charge is -2.36. The van der Waals surface area contributed by atoms with Gasteiger partial charge in [-0.3, -0.25) is 0 Å². The largest absolute Gasteiger partial charge is 0.397 e. The van der Waals surface area contributed by atoms with Gasteiger partial charge >= 0.3 is 0 Å². The molecule has 0 radical (unpaired) electrons. The standard InChI is InChI=1S/C13H23N3/c1-9-11(14)7-8-12(15-9)16(6)10(2)13(3,4)5/h7-8,10H,14H2,1-6H3. The van der Waals surface area contributed by atoms with Gasteiger partial charge in [-0.05, 0) is 31.4 Å². The number of anilines is 2. The van der Waals surface area contributed by atoms with E-state index in [0.29, 0.717) is 6.04 Å². The number of pyridine rings is 1. The van der Waals surface area contributed by atoms with Crippen molar-refractivity contribution >= 4 is 11.5 Å². The minimum absolute atomic E-state index is 0.228. The van der Waals surface area contributed by atoms with Crippen molar-refractivity contribution in [2.24, 2.45) is 5.41 Å². The van der Waals surface area contributed by atoms with Crippen molar-refractivity contribution in [3.63, 3.8) is 0 Å². The van der Waals surface area contributed by atoms with E-state index in [2.05, 4.69) is 44.6 Å². The molecule has 1 atom stereocenters. The van der Waals surface area contributed by atoms with Gasteiger partial charge in [-0.2, -0.15) is 0 Å². The molecule has 0 spiro atoms. The third-order valence-electron chi connectivity index (χ3n) is 3.31. The van der Waals surface area contributed by atoms with Crippen molar-refractivity contribution in [3.8, 4) is 0 Å². The molecule has 3 nitrogen and oxygen atoms in total. The first-order valence-electron chi connectivity index (χ1n) is 5.69. The fourth-order valence-corrected chi connectivity index (χ4v) is 1.53. The summed E-state index contributed by atoms with van der Waals surface area (Å²) in [4.78, 5) is 6.71. The van der Waals surface area contributed by atoms with Gasteiger partial charge in [-0.25, -0.2) is 4.98 Å². The van der Waals surface area contributed by atoms with E-state index in [1.165, 1.54) is 0 Å².